The molecule has 1 saturated carbocycles. The fourth-order valence-corrected chi connectivity index (χ4v) is 2.53. The second-order valence-corrected chi connectivity index (χ2v) is 6.88. The van der Waals surface area contributed by atoms with Crippen molar-refractivity contribution >= 4 is 0 Å². The van der Waals surface area contributed by atoms with E-state index in [1.54, 1.807) is 0 Å². The lowest BCUT2D eigenvalue weighted by molar-refractivity contribution is 0.148. The van der Waals surface area contributed by atoms with Crippen LogP contribution >= 0.6 is 0 Å². The molecule has 0 unspecified atom stereocenters. The van der Waals surface area contributed by atoms with Crippen LogP contribution in [-0.4, -0.2) is 16.6 Å². The minimum Gasteiger partial charge on any atom is -0.474 e. The predicted molar refractivity (Wildman–Crippen MR) is 83.1 cm³/mol. The first-order chi connectivity index (χ1) is 9.44. The Balaban J connectivity index is 1.94. The molecule has 1 heterocycles. The Kier molecular flexibility index (Phi) is 5.03. The van der Waals surface area contributed by atoms with Gasteiger partial charge >= 0.3 is 0 Å². The van der Waals surface area contributed by atoms with Gasteiger partial charge in [-0.2, -0.15) is 0 Å². The fraction of sp³-hybridized carbons (Fsp3) is 0.706. The molecular formula is C17H28N2O. The Morgan fingerprint density at radius 3 is 2.50 bits per heavy atom. The summed E-state index contributed by atoms with van der Waals surface area (Å²) in [6.07, 6.45) is 6.65. The Bertz CT molecular complexity index is 431. The summed E-state index contributed by atoms with van der Waals surface area (Å²) < 4.78 is 6.01. The molecule has 1 aliphatic carbocycles. The number of rotatable bonds is 4. The van der Waals surface area contributed by atoms with E-state index >= 15 is 0 Å². The monoisotopic (exact) mass is 276 g/mol. The second kappa shape index (κ2) is 6.57. The molecule has 1 aromatic heterocycles. The quantitative estimate of drug-likeness (QED) is 0.903. The number of pyridine rings is 1. The van der Waals surface area contributed by atoms with Crippen LogP contribution in [0.25, 0.3) is 0 Å². The van der Waals surface area contributed by atoms with Gasteiger partial charge in [0.2, 0.25) is 5.88 Å². The van der Waals surface area contributed by atoms with Crippen molar-refractivity contribution < 1.29 is 4.74 Å². The molecule has 20 heavy (non-hydrogen) atoms. The standard InChI is InChI=1S/C17H28N2O/c1-13-14(12-18-17(2,3)4)10-11-16(19-13)20-15-8-6-5-7-9-15/h10-11,15,18H,5-9,12H2,1-4H3. The number of hydrogen-bond donors (Lipinski definition) is 1. The van der Waals surface area contributed by atoms with Gasteiger partial charge in [0.15, 0.2) is 0 Å². The van der Waals surface area contributed by atoms with Crippen LogP contribution in [0, 0.1) is 6.92 Å². The molecule has 0 saturated heterocycles. The van der Waals surface area contributed by atoms with Gasteiger partial charge in [-0.3, -0.25) is 0 Å². The molecular weight excluding hydrogens is 248 g/mol. The van der Waals surface area contributed by atoms with Crippen molar-refractivity contribution in [1.82, 2.24) is 10.3 Å². The van der Waals surface area contributed by atoms with Gasteiger partial charge in [-0.05, 0) is 58.9 Å². The van der Waals surface area contributed by atoms with Crippen LogP contribution in [0.5, 0.6) is 5.88 Å². The molecule has 0 bridgehead atoms. The molecule has 3 nitrogen and oxygen atoms in total. The van der Waals surface area contributed by atoms with Crippen LogP contribution in [0.2, 0.25) is 0 Å². The molecule has 0 amide bonds. The largest absolute Gasteiger partial charge is 0.474 e. The van der Waals surface area contributed by atoms with Gasteiger partial charge in [0.25, 0.3) is 0 Å². The molecule has 2 rings (SSSR count). The SMILES string of the molecule is Cc1nc(OC2CCCCC2)ccc1CNC(C)(C)C. The highest BCUT2D eigenvalue weighted by Gasteiger charge is 2.16. The van der Waals surface area contributed by atoms with Crippen molar-refractivity contribution in [1.29, 1.82) is 0 Å². The third kappa shape index (κ3) is 4.78. The molecule has 1 N–H and O–H groups in total. The summed E-state index contributed by atoms with van der Waals surface area (Å²) in [5.41, 5.74) is 2.44. The number of aryl methyl sites for hydroxylation is 1. The van der Waals surface area contributed by atoms with Gasteiger partial charge in [0.05, 0.1) is 0 Å². The molecule has 0 atom stereocenters. The van der Waals surface area contributed by atoms with Gasteiger partial charge in [-0.1, -0.05) is 12.5 Å². The van der Waals surface area contributed by atoms with Crippen LogP contribution in [0.4, 0.5) is 0 Å². The van der Waals surface area contributed by atoms with Gasteiger partial charge in [-0.25, -0.2) is 4.98 Å². The topological polar surface area (TPSA) is 34.1 Å². The zero-order valence-electron chi connectivity index (χ0n) is 13.3. The molecule has 1 aromatic rings. The molecule has 3 heteroatoms. The van der Waals surface area contributed by atoms with Crippen molar-refractivity contribution in [3.8, 4) is 5.88 Å². The molecule has 0 radical (unpaired) electrons. The summed E-state index contributed by atoms with van der Waals surface area (Å²) in [6, 6.07) is 4.15. The molecule has 0 aliphatic heterocycles. The van der Waals surface area contributed by atoms with Crippen molar-refractivity contribution in [2.24, 2.45) is 0 Å². The number of nitrogens with zero attached hydrogens (tertiary/aromatic N) is 1. The zero-order chi connectivity index (χ0) is 14.6. The van der Waals surface area contributed by atoms with Crippen LogP contribution in [0.15, 0.2) is 12.1 Å². The van der Waals surface area contributed by atoms with E-state index < -0.39 is 0 Å². The maximum atomic E-state index is 6.01. The van der Waals surface area contributed by atoms with E-state index in [1.165, 1.54) is 37.7 Å². The normalized spacial score (nSPS) is 17.2. The summed E-state index contributed by atoms with van der Waals surface area (Å²) in [4.78, 5) is 4.61. The molecule has 0 spiro atoms. The molecule has 0 aromatic carbocycles. The van der Waals surface area contributed by atoms with E-state index in [2.05, 4.69) is 44.1 Å². The number of hydrogen-bond acceptors (Lipinski definition) is 3. The van der Waals surface area contributed by atoms with Crippen LogP contribution in [0.1, 0.15) is 64.1 Å². The lowest BCUT2D eigenvalue weighted by Crippen LogP contribution is -2.35. The smallest absolute Gasteiger partial charge is 0.213 e. The Hall–Kier alpha value is -1.09. The van der Waals surface area contributed by atoms with Crippen molar-refractivity contribution in [2.75, 3.05) is 0 Å². The number of aromatic nitrogens is 1. The van der Waals surface area contributed by atoms with Crippen LogP contribution in [0.3, 0.4) is 0 Å². The van der Waals surface area contributed by atoms with Crippen LogP contribution in [-0.2, 0) is 6.54 Å². The van der Waals surface area contributed by atoms with E-state index in [9.17, 15) is 0 Å². The number of nitrogens with one attached hydrogen (secondary N) is 1. The maximum Gasteiger partial charge on any atom is 0.213 e. The van der Waals surface area contributed by atoms with Crippen LogP contribution < -0.4 is 10.1 Å². The van der Waals surface area contributed by atoms with Gasteiger partial charge < -0.3 is 10.1 Å². The summed E-state index contributed by atoms with van der Waals surface area (Å²) in [6.45, 7) is 9.45. The molecule has 1 fully saturated rings. The van der Waals surface area contributed by atoms with E-state index in [1.807, 2.05) is 6.07 Å². The summed E-state index contributed by atoms with van der Waals surface area (Å²) >= 11 is 0. The highest BCUT2D eigenvalue weighted by atomic mass is 16.5. The zero-order valence-corrected chi connectivity index (χ0v) is 13.3. The summed E-state index contributed by atoms with van der Waals surface area (Å²) in [7, 11) is 0. The highest BCUT2D eigenvalue weighted by Crippen LogP contribution is 2.23. The minimum atomic E-state index is 0.129. The Labute approximate surface area is 123 Å². The third-order valence-electron chi connectivity index (χ3n) is 3.82. The summed E-state index contributed by atoms with van der Waals surface area (Å²) in [5.74, 6) is 0.786. The van der Waals surface area contributed by atoms with Crippen molar-refractivity contribution in [3.05, 3.63) is 23.4 Å². The average Bonchev–Trinajstić information content (AvgIpc) is 2.38. The maximum absolute atomic E-state index is 6.01. The minimum absolute atomic E-state index is 0.129. The molecule has 1 aliphatic rings. The predicted octanol–water partition coefficient (Wildman–Crippen LogP) is 3.99. The Morgan fingerprint density at radius 2 is 1.90 bits per heavy atom. The van der Waals surface area contributed by atoms with Crippen molar-refractivity contribution in [3.63, 3.8) is 0 Å². The van der Waals surface area contributed by atoms with Gasteiger partial charge in [0.1, 0.15) is 6.10 Å². The Morgan fingerprint density at radius 1 is 1.20 bits per heavy atom. The lowest BCUT2D eigenvalue weighted by atomic mass is 9.98. The second-order valence-electron chi connectivity index (χ2n) is 6.88. The van der Waals surface area contributed by atoms with E-state index in [0.717, 1.165) is 18.1 Å². The van der Waals surface area contributed by atoms with Gasteiger partial charge in [0, 0.05) is 23.8 Å². The van der Waals surface area contributed by atoms with Gasteiger partial charge in [-0.15, -0.1) is 0 Å². The van der Waals surface area contributed by atoms with E-state index in [0.29, 0.717) is 6.10 Å². The summed E-state index contributed by atoms with van der Waals surface area (Å²) in [5, 5.41) is 3.50. The first-order valence-corrected chi connectivity index (χ1v) is 7.82. The fourth-order valence-electron chi connectivity index (χ4n) is 2.53. The first-order valence-electron chi connectivity index (χ1n) is 7.82. The third-order valence-corrected chi connectivity index (χ3v) is 3.82. The first kappa shape index (κ1) is 15.3. The van der Waals surface area contributed by atoms with E-state index in [-0.39, 0.29) is 5.54 Å². The van der Waals surface area contributed by atoms with E-state index in [4.69, 9.17) is 4.74 Å². The molecule has 112 valence electrons. The number of ether oxygens (including phenoxy) is 1. The lowest BCUT2D eigenvalue weighted by Gasteiger charge is -2.23. The average molecular weight is 276 g/mol. The highest BCUT2D eigenvalue weighted by molar-refractivity contribution is 5.25. The van der Waals surface area contributed by atoms with Crippen molar-refractivity contribution in [2.45, 2.75) is 78.0 Å².